The first-order chi connectivity index (χ1) is 22.3. The van der Waals surface area contributed by atoms with E-state index in [0.29, 0.717) is 6.54 Å². The molecule has 1 atom stereocenters. The molecule has 0 aliphatic heterocycles. The van der Waals surface area contributed by atoms with Gasteiger partial charge in [0.25, 0.3) is 10.1 Å². The quantitative estimate of drug-likeness (QED) is 0.121. The standard InChI is InChI=1S/C38H34N2O5S/c1-4-7-34(46(41,42)43)24-25-39-37-9-6-5-8-35(37)36-23-12-28(26-38(36)39)27-10-13-29(14-11-27)40(30-15-19-32(44-2)20-16-30)31-17-21-33(45-3)22-18-31/h5-6,8-23,26,34H,24-25H2,1-3H3,(H,41,42,43). The highest BCUT2D eigenvalue weighted by molar-refractivity contribution is 7.86. The Kier molecular flexibility index (Phi) is 8.71. The smallest absolute Gasteiger partial charge is 0.279 e. The molecule has 6 aromatic rings. The molecule has 0 radical (unpaired) electrons. The molecular formula is C38H34N2O5S. The van der Waals surface area contributed by atoms with Crippen LogP contribution in [0.1, 0.15) is 13.3 Å². The van der Waals surface area contributed by atoms with Crippen molar-refractivity contribution in [2.24, 2.45) is 0 Å². The number of aryl methyl sites for hydroxylation is 1. The Morgan fingerprint density at radius 2 is 1.24 bits per heavy atom. The lowest BCUT2D eigenvalue weighted by molar-refractivity contribution is 0.415. The van der Waals surface area contributed by atoms with Crippen LogP contribution >= 0.6 is 0 Å². The Balaban J connectivity index is 1.38. The van der Waals surface area contributed by atoms with E-state index in [-0.39, 0.29) is 6.42 Å². The number of aromatic nitrogens is 1. The van der Waals surface area contributed by atoms with Crippen molar-refractivity contribution in [1.82, 2.24) is 4.57 Å². The van der Waals surface area contributed by atoms with E-state index in [2.05, 4.69) is 69.8 Å². The zero-order chi connectivity index (χ0) is 32.3. The van der Waals surface area contributed by atoms with Gasteiger partial charge in [-0.25, -0.2) is 0 Å². The fraction of sp³-hybridized carbons (Fsp3) is 0.158. The minimum absolute atomic E-state index is 0.166. The summed E-state index contributed by atoms with van der Waals surface area (Å²) >= 11 is 0. The first-order valence-electron chi connectivity index (χ1n) is 14.9. The van der Waals surface area contributed by atoms with Gasteiger partial charge in [-0.1, -0.05) is 48.4 Å². The number of anilines is 3. The predicted octanol–water partition coefficient (Wildman–Crippen LogP) is 8.62. The molecule has 0 saturated carbocycles. The number of para-hydroxylation sites is 1. The van der Waals surface area contributed by atoms with Crippen LogP contribution in [0, 0.1) is 11.8 Å². The third kappa shape index (κ3) is 6.16. The van der Waals surface area contributed by atoms with E-state index in [1.807, 2.05) is 66.7 Å². The van der Waals surface area contributed by atoms with E-state index in [9.17, 15) is 13.0 Å². The molecule has 1 aromatic heterocycles. The fourth-order valence-electron chi connectivity index (χ4n) is 5.89. The monoisotopic (exact) mass is 630 g/mol. The topological polar surface area (TPSA) is 81.0 Å². The first-order valence-corrected chi connectivity index (χ1v) is 16.4. The molecule has 0 amide bonds. The molecule has 0 fully saturated rings. The van der Waals surface area contributed by atoms with Gasteiger partial charge in [0.05, 0.1) is 14.2 Å². The number of ether oxygens (including phenoxy) is 2. The molecule has 1 unspecified atom stereocenters. The highest BCUT2D eigenvalue weighted by Crippen LogP contribution is 2.38. The lowest BCUT2D eigenvalue weighted by atomic mass is 10.0. The van der Waals surface area contributed by atoms with Crippen molar-refractivity contribution < 1.29 is 22.4 Å². The molecule has 232 valence electrons. The van der Waals surface area contributed by atoms with Crippen molar-refractivity contribution in [3.8, 4) is 34.5 Å². The number of fused-ring (bicyclic) bond motifs is 3. The third-order valence-electron chi connectivity index (χ3n) is 8.17. The molecule has 0 aliphatic carbocycles. The summed E-state index contributed by atoms with van der Waals surface area (Å²) in [5.41, 5.74) is 7.02. The summed E-state index contributed by atoms with van der Waals surface area (Å²) < 4.78 is 46.6. The molecule has 8 heteroatoms. The minimum atomic E-state index is -4.30. The number of methoxy groups -OCH3 is 2. The van der Waals surface area contributed by atoms with Crippen molar-refractivity contribution in [1.29, 1.82) is 0 Å². The van der Waals surface area contributed by atoms with Gasteiger partial charge in [0.1, 0.15) is 16.7 Å². The second-order valence-electron chi connectivity index (χ2n) is 10.9. The Hall–Kier alpha value is -5.23. The zero-order valence-electron chi connectivity index (χ0n) is 25.8. The first kappa shape index (κ1) is 30.8. The highest BCUT2D eigenvalue weighted by atomic mass is 32.2. The summed E-state index contributed by atoms with van der Waals surface area (Å²) in [7, 11) is -0.988. The molecule has 46 heavy (non-hydrogen) atoms. The highest BCUT2D eigenvalue weighted by Gasteiger charge is 2.22. The molecular weight excluding hydrogens is 596 g/mol. The van der Waals surface area contributed by atoms with Crippen LogP contribution in [0.2, 0.25) is 0 Å². The van der Waals surface area contributed by atoms with E-state index < -0.39 is 15.4 Å². The number of benzene rings is 5. The predicted molar refractivity (Wildman–Crippen MR) is 186 cm³/mol. The third-order valence-corrected chi connectivity index (χ3v) is 9.25. The van der Waals surface area contributed by atoms with Crippen LogP contribution in [0.4, 0.5) is 17.1 Å². The van der Waals surface area contributed by atoms with Gasteiger partial charge in [-0.2, -0.15) is 8.42 Å². The van der Waals surface area contributed by atoms with Crippen molar-refractivity contribution in [2.75, 3.05) is 19.1 Å². The summed E-state index contributed by atoms with van der Waals surface area (Å²) in [5.74, 6) is 6.86. The number of hydrogen-bond acceptors (Lipinski definition) is 5. The lowest BCUT2D eigenvalue weighted by Gasteiger charge is -2.26. The average Bonchev–Trinajstić information content (AvgIpc) is 3.40. The molecule has 7 nitrogen and oxygen atoms in total. The van der Waals surface area contributed by atoms with E-state index in [1.165, 1.54) is 0 Å². The summed E-state index contributed by atoms with van der Waals surface area (Å²) in [6, 6.07) is 38.8. The van der Waals surface area contributed by atoms with Gasteiger partial charge in [0.15, 0.2) is 0 Å². The molecule has 0 bridgehead atoms. The van der Waals surface area contributed by atoms with Crippen LogP contribution in [0.25, 0.3) is 32.9 Å². The van der Waals surface area contributed by atoms with Gasteiger partial charge in [-0.15, -0.1) is 5.92 Å². The SMILES string of the molecule is CC#CC(CCn1c2ccccc2c2ccc(-c3ccc(N(c4ccc(OC)cc4)c4ccc(OC)cc4)cc3)cc21)S(=O)(=O)O. The number of nitrogens with zero attached hydrogens (tertiary/aromatic N) is 2. The van der Waals surface area contributed by atoms with Crippen molar-refractivity contribution in [2.45, 2.75) is 25.1 Å². The van der Waals surface area contributed by atoms with Crippen molar-refractivity contribution >= 4 is 49.0 Å². The Labute approximate surface area is 269 Å². The second kappa shape index (κ2) is 13.0. The fourth-order valence-corrected chi connectivity index (χ4v) is 6.56. The Morgan fingerprint density at radius 1 is 0.717 bits per heavy atom. The maximum absolute atomic E-state index is 12.0. The van der Waals surface area contributed by atoms with E-state index in [4.69, 9.17) is 9.47 Å². The van der Waals surface area contributed by atoms with Gasteiger partial charge in [-0.3, -0.25) is 4.55 Å². The molecule has 0 aliphatic rings. The Morgan fingerprint density at radius 3 is 1.78 bits per heavy atom. The average molecular weight is 631 g/mol. The van der Waals surface area contributed by atoms with Gasteiger partial charge in [-0.05, 0) is 97.3 Å². The normalized spacial score (nSPS) is 12.0. The second-order valence-corrected chi connectivity index (χ2v) is 12.5. The number of hydrogen-bond donors (Lipinski definition) is 1. The van der Waals surface area contributed by atoms with Gasteiger partial charge < -0.3 is 18.9 Å². The molecule has 0 spiro atoms. The van der Waals surface area contributed by atoms with Crippen LogP contribution in [0.15, 0.2) is 115 Å². The maximum atomic E-state index is 12.0. The summed E-state index contributed by atoms with van der Waals surface area (Å²) in [6.45, 7) is 1.95. The number of rotatable bonds is 10. The maximum Gasteiger partial charge on any atom is 0.279 e. The summed E-state index contributed by atoms with van der Waals surface area (Å²) in [4.78, 5) is 2.18. The molecule has 1 heterocycles. The minimum Gasteiger partial charge on any atom is -0.497 e. The van der Waals surface area contributed by atoms with E-state index in [0.717, 1.165) is 61.5 Å². The van der Waals surface area contributed by atoms with Gasteiger partial charge in [0, 0.05) is 45.4 Å². The molecule has 1 N–H and O–H groups in total. The largest absolute Gasteiger partial charge is 0.497 e. The molecule has 0 saturated heterocycles. The van der Waals surface area contributed by atoms with Crippen molar-refractivity contribution in [3.63, 3.8) is 0 Å². The van der Waals surface area contributed by atoms with Crippen LogP contribution < -0.4 is 14.4 Å². The summed E-state index contributed by atoms with van der Waals surface area (Å²) in [6.07, 6.45) is 0.166. The zero-order valence-corrected chi connectivity index (χ0v) is 26.7. The lowest BCUT2D eigenvalue weighted by Crippen LogP contribution is -2.20. The summed E-state index contributed by atoms with van der Waals surface area (Å²) in [5, 5.41) is 1.01. The van der Waals surface area contributed by atoms with Crippen LogP contribution in [-0.4, -0.2) is 37.0 Å². The van der Waals surface area contributed by atoms with Crippen LogP contribution in [0.5, 0.6) is 11.5 Å². The Bertz CT molecular complexity index is 2110. The van der Waals surface area contributed by atoms with Crippen LogP contribution in [-0.2, 0) is 16.7 Å². The molecule has 6 rings (SSSR count). The molecule has 5 aromatic carbocycles. The van der Waals surface area contributed by atoms with E-state index >= 15 is 0 Å². The van der Waals surface area contributed by atoms with E-state index in [1.54, 1.807) is 21.1 Å². The van der Waals surface area contributed by atoms with Gasteiger partial charge >= 0.3 is 0 Å². The van der Waals surface area contributed by atoms with Gasteiger partial charge in [0.2, 0.25) is 0 Å². The van der Waals surface area contributed by atoms with Crippen LogP contribution in [0.3, 0.4) is 0 Å². The van der Waals surface area contributed by atoms with Crippen molar-refractivity contribution in [3.05, 3.63) is 115 Å².